The molecule has 1 aliphatic heterocycles. The van der Waals surface area contributed by atoms with Gasteiger partial charge in [0, 0.05) is 39.5 Å². The molecule has 1 saturated heterocycles. The molecule has 0 aliphatic carbocycles. The van der Waals surface area contributed by atoms with Crippen molar-refractivity contribution in [2.45, 2.75) is 71.0 Å². The molecule has 1 fully saturated rings. The maximum atomic E-state index is 11.9. The number of carbonyl (C=O) groups is 5. The molecule has 2 N–H and O–H groups in total. The highest BCUT2D eigenvalue weighted by molar-refractivity contribution is 5.73. The highest BCUT2D eigenvalue weighted by Gasteiger charge is 2.51. The molecule has 1 unspecified atom stereocenters. The van der Waals surface area contributed by atoms with Gasteiger partial charge >= 0.3 is 23.9 Å². The van der Waals surface area contributed by atoms with Crippen LogP contribution in [0.3, 0.4) is 0 Å². The molecule has 5 atom stereocenters. The van der Waals surface area contributed by atoms with Gasteiger partial charge in [0.25, 0.3) is 0 Å². The Morgan fingerprint density at radius 2 is 1.32 bits per heavy atom. The fourth-order valence-corrected chi connectivity index (χ4v) is 2.69. The lowest BCUT2D eigenvalue weighted by Crippen LogP contribution is -2.62. The Bertz CT molecular complexity index is 694. The molecule has 0 aromatic carbocycles. The Labute approximate surface area is 167 Å². The minimum absolute atomic E-state index is 0.137. The van der Waals surface area contributed by atoms with Gasteiger partial charge < -0.3 is 29.4 Å². The smallest absolute Gasteiger partial charge is 0.303 e. The van der Waals surface area contributed by atoms with Gasteiger partial charge in [-0.15, -0.1) is 0 Å². The summed E-state index contributed by atoms with van der Waals surface area (Å²) in [6.07, 6.45) is -7.40. The van der Waals surface area contributed by atoms with Crippen LogP contribution in [0.1, 0.15) is 45.9 Å². The molecular weight excluding hydrogens is 378 g/mol. The minimum Gasteiger partial charge on any atom is -0.463 e. The lowest BCUT2D eigenvalue weighted by Gasteiger charge is -2.44. The number of nitrogens with two attached hydrogens (primary N) is 1. The van der Waals surface area contributed by atoms with Crippen LogP contribution in [-0.2, 0) is 47.7 Å². The summed E-state index contributed by atoms with van der Waals surface area (Å²) in [4.78, 5) is 58.2. The van der Waals surface area contributed by atoms with Crippen molar-refractivity contribution in [2.75, 3.05) is 6.61 Å². The molecule has 11 nitrogen and oxygen atoms in total. The molecule has 0 radical (unpaired) electrons. The average molecular weight is 407 g/mol. The predicted octanol–water partition coefficient (Wildman–Crippen LogP) is -0.622. The van der Waals surface area contributed by atoms with E-state index in [2.05, 4.69) is 0 Å². The second-order valence-corrected chi connectivity index (χ2v) is 5.76. The molecule has 0 aromatic rings. The van der Waals surface area contributed by atoms with E-state index in [1.807, 2.05) is 0 Å². The number of esters is 4. The summed E-state index contributed by atoms with van der Waals surface area (Å²) in [5.74, 6) is -4.84. The first kappa shape index (κ1) is 17.4. The number of carbonyl (C=O) groups excluding carboxylic acids is 5. The van der Waals surface area contributed by atoms with Crippen LogP contribution in [0.2, 0.25) is 0 Å². The van der Waals surface area contributed by atoms with Gasteiger partial charge in [-0.3, -0.25) is 24.0 Å². The number of hydrogen-bond donors (Lipinski definition) is 1. The summed E-state index contributed by atoms with van der Waals surface area (Å²) in [5, 5.41) is 0. The Kier molecular flexibility index (Phi) is 6.59. The zero-order valence-electron chi connectivity index (χ0n) is 19.0. The quantitative estimate of drug-likeness (QED) is 0.406. The predicted molar refractivity (Wildman–Crippen MR) is 90.4 cm³/mol. The third-order valence-electron chi connectivity index (χ3n) is 3.62. The largest absolute Gasteiger partial charge is 0.463 e. The fraction of sp³-hybridized carbons (Fsp3) is 0.706. The van der Waals surface area contributed by atoms with E-state index < -0.39 is 94.5 Å². The van der Waals surface area contributed by atoms with Gasteiger partial charge in [0.2, 0.25) is 5.91 Å². The third kappa shape index (κ3) is 7.51. The Balaban J connectivity index is 3.36. The van der Waals surface area contributed by atoms with Crippen LogP contribution in [0, 0.1) is 0 Å². The van der Waals surface area contributed by atoms with E-state index in [1.165, 1.54) is 0 Å². The van der Waals surface area contributed by atoms with Crippen molar-refractivity contribution in [3.63, 3.8) is 0 Å². The SMILES string of the molecule is [2H]CC(=O)OC[C@H]1OC(CCC(N)=O)[C@H](OC(=O)C[2H])[C@@H](OC(=O)C[2H])[C@@H]1OC(=O)C[2H]. The van der Waals surface area contributed by atoms with Crippen LogP contribution in [-0.4, -0.2) is 66.9 Å². The van der Waals surface area contributed by atoms with Crippen molar-refractivity contribution in [1.29, 1.82) is 0 Å². The van der Waals surface area contributed by atoms with Gasteiger partial charge in [-0.2, -0.15) is 0 Å². The average Bonchev–Trinajstić information content (AvgIpc) is 2.78. The van der Waals surface area contributed by atoms with Gasteiger partial charge in [-0.05, 0) is 6.42 Å². The second kappa shape index (κ2) is 10.6. The number of primary amides is 1. The molecule has 28 heavy (non-hydrogen) atoms. The first-order chi connectivity index (χ1) is 15.2. The van der Waals surface area contributed by atoms with Crippen molar-refractivity contribution in [3.05, 3.63) is 0 Å². The van der Waals surface area contributed by atoms with E-state index in [-0.39, 0.29) is 12.8 Å². The topological polar surface area (TPSA) is 158 Å². The first-order valence-electron chi connectivity index (χ1n) is 10.8. The zero-order valence-corrected chi connectivity index (χ0v) is 15.0. The van der Waals surface area contributed by atoms with Crippen molar-refractivity contribution < 1.29 is 53.1 Å². The number of rotatable bonds is 8. The van der Waals surface area contributed by atoms with E-state index in [0.29, 0.717) is 0 Å². The van der Waals surface area contributed by atoms with Crippen molar-refractivity contribution in [3.8, 4) is 0 Å². The molecule has 11 heteroatoms. The van der Waals surface area contributed by atoms with E-state index in [4.69, 9.17) is 34.9 Å². The third-order valence-corrected chi connectivity index (χ3v) is 3.62. The molecule has 0 bridgehead atoms. The monoisotopic (exact) mass is 407 g/mol. The highest BCUT2D eigenvalue weighted by Crippen LogP contribution is 2.31. The van der Waals surface area contributed by atoms with Crippen molar-refractivity contribution in [2.24, 2.45) is 5.73 Å². The molecule has 0 spiro atoms. The molecule has 0 saturated carbocycles. The maximum absolute atomic E-state index is 11.9. The normalized spacial score (nSPS) is 28.5. The summed E-state index contributed by atoms with van der Waals surface area (Å²) in [6.45, 7) is -3.73. The van der Waals surface area contributed by atoms with Crippen LogP contribution in [0.25, 0.3) is 0 Å². The Morgan fingerprint density at radius 3 is 1.82 bits per heavy atom. The Morgan fingerprint density at radius 1 is 0.821 bits per heavy atom. The Hall–Kier alpha value is -2.69. The summed E-state index contributed by atoms with van der Waals surface area (Å²) >= 11 is 0. The fourth-order valence-electron chi connectivity index (χ4n) is 2.69. The lowest BCUT2D eigenvalue weighted by molar-refractivity contribution is -0.253. The molecular formula is C17H25NO10. The van der Waals surface area contributed by atoms with Gasteiger partial charge in [0.05, 0.1) is 6.10 Å². The number of amides is 1. The summed E-state index contributed by atoms with van der Waals surface area (Å²) in [5.41, 5.74) is 5.16. The van der Waals surface area contributed by atoms with Crippen LogP contribution in [0.15, 0.2) is 0 Å². The molecule has 158 valence electrons. The summed E-state index contributed by atoms with van der Waals surface area (Å²) in [7, 11) is 0. The molecule has 1 aliphatic rings. The standard InChI is InChI=1S/C17H25NO10/c1-8(19)24-7-13-16(26-10(3)21)17(27-11(4)22)15(25-9(2)20)12(28-13)5-6-14(18)23/h12-13,15-17H,5-7H2,1-4H3,(H2,18,23)/t12?,13-,15+,16-,17-/m1/s1/i1D,2D,3D,4D. The number of ether oxygens (including phenoxy) is 5. The first-order valence-corrected chi connectivity index (χ1v) is 8.01. The van der Waals surface area contributed by atoms with Crippen LogP contribution >= 0.6 is 0 Å². The lowest BCUT2D eigenvalue weighted by atomic mass is 9.92. The molecule has 1 heterocycles. The van der Waals surface area contributed by atoms with Gasteiger partial charge in [0.1, 0.15) is 12.7 Å². The van der Waals surface area contributed by atoms with Crippen molar-refractivity contribution in [1.82, 2.24) is 0 Å². The number of hydrogen-bond acceptors (Lipinski definition) is 10. The van der Waals surface area contributed by atoms with Gasteiger partial charge in [-0.1, -0.05) is 0 Å². The summed E-state index contributed by atoms with van der Waals surface area (Å²) in [6, 6.07) is 0. The van der Waals surface area contributed by atoms with E-state index in [9.17, 15) is 24.0 Å². The zero-order chi connectivity index (χ0) is 24.3. The van der Waals surface area contributed by atoms with Crippen LogP contribution < -0.4 is 5.73 Å². The minimum atomic E-state index is -1.56. The van der Waals surface area contributed by atoms with E-state index >= 15 is 0 Å². The van der Waals surface area contributed by atoms with E-state index in [1.54, 1.807) is 0 Å². The molecule has 0 aromatic heterocycles. The van der Waals surface area contributed by atoms with Gasteiger partial charge in [0.15, 0.2) is 18.3 Å². The van der Waals surface area contributed by atoms with Crippen LogP contribution in [0.4, 0.5) is 0 Å². The second-order valence-electron chi connectivity index (χ2n) is 5.76. The highest BCUT2D eigenvalue weighted by atomic mass is 16.7. The van der Waals surface area contributed by atoms with E-state index in [0.717, 1.165) is 0 Å². The maximum Gasteiger partial charge on any atom is 0.303 e. The molecule has 1 rings (SSSR count). The summed E-state index contributed by atoms with van der Waals surface area (Å²) < 4.78 is 54.6. The van der Waals surface area contributed by atoms with Crippen molar-refractivity contribution >= 4 is 29.8 Å². The molecule has 1 amide bonds. The van der Waals surface area contributed by atoms with Crippen LogP contribution in [0.5, 0.6) is 0 Å². The van der Waals surface area contributed by atoms with Gasteiger partial charge in [-0.25, -0.2) is 0 Å².